The lowest BCUT2D eigenvalue weighted by Crippen LogP contribution is -2.20. The number of pyridine rings is 1. The third-order valence-corrected chi connectivity index (χ3v) is 3.55. The maximum absolute atomic E-state index is 11.8. The summed E-state index contributed by atoms with van der Waals surface area (Å²) in [5.74, 6) is -1.45. The minimum Gasteiger partial charge on any atom is -0.481 e. The van der Waals surface area contributed by atoms with E-state index < -0.39 is 28.2 Å². The molecule has 0 atom stereocenters. The second-order valence-corrected chi connectivity index (χ2v) is 5.62. The lowest BCUT2D eigenvalue weighted by Gasteiger charge is -2.10. The van der Waals surface area contributed by atoms with E-state index in [-0.39, 0.29) is 11.5 Å². The van der Waals surface area contributed by atoms with Crippen molar-refractivity contribution in [3.05, 3.63) is 31.0 Å². The minimum atomic E-state index is -3.78. The smallest absolute Gasteiger partial charge is 0.304 e. The number of sulfonamides is 1. The first kappa shape index (κ1) is 13.9. The van der Waals surface area contributed by atoms with Crippen LogP contribution in [0.4, 0.5) is 5.69 Å². The van der Waals surface area contributed by atoms with Gasteiger partial charge >= 0.3 is 5.97 Å². The molecule has 2 N–H and O–H groups in total. The van der Waals surface area contributed by atoms with E-state index in [2.05, 4.69) is 19.8 Å². The molecule has 0 radical (unpaired) electrons. The predicted octanol–water partition coefficient (Wildman–Crippen LogP) is -0.121. The topological polar surface area (TPSA) is 127 Å². The summed E-state index contributed by atoms with van der Waals surface area (Å²) in [6.07, 6.45) is 3.66. The molecule has 0 aliphatic carbocycles. The monoisotopic (exact) mass is 297 g/mol. The minimum absolute atomic E-state index is 0.198. The Morgan fingerprint density at radius 2 is 2.25 bits per heavy atom. The number of aromatic nitrogens is 4. The second kappa shape index (κ2) is 5.65. The van der Waals surface area contributed by atoms with Crippen LogP contribution >= 0.6 is 0 Å². The Hall–Kier alpha value is -2.49. The van der Waals surface area contributed by atoms with Crippen molar-refractivity contribution in [1.82, 2.24) is 19.7 Å². The molecule has 0 amide bonds. The van der Waals surface area contributed by atoms with Gasteiger partial charge in [-0.1, -0.05) is 0 Å². The Labute approximate surface area is 114 Å². The molecule has 2 aromatic heterocycles. The van der Waals surface area contributed by atoms with Crippen LogP contribution in [0, 0.1) is 0 Å². The number of nitrogens with zero attached hydrogens (tertiary/aromatic N) is 4. The number of carboxylic acids is 1. The Bertz CT molecular complexity index is 698. The van der Waals surface area contributed by atoms with Gasteiger partial charge in [-0.15, -0.1) is 0 Å². The Morgan fingerprint density at radius 1 is 1.45 bits per heavy atom. The summed E-state index contributed by atoms with van der Waals surface area (Å²) in [5, 5.41) is 12.4. The van der Waals surface area contributed by atoms with Crippen molar-refractivity contribution < 1.29 is 18.3 Å². The van der Waals surface area contributed by atoms with E-state index in [4.69, 9.17) is 5.11 Å². The van der Waals surface area contributed by atoms with Crippen molar-refractivity contribution in [2.75, 3.05) is 10.5 Å². The van der Waals surface area contributed by atoms with Gasteiger partial charge < -0.3 is 5.11 Å². The van der Waals surface area contributed by atoms with Crippen LogP contribution in [0.1, 0.15) is 6.42 Å². The van der Waals surface area contributed by atoms with Gasteiger partial charge in [0.1, 0.15) is 12.7 Å². The number of hydrogen-bond donors (Lipinski definition) is 2. The first-order valence-corrected chi connectivity index (χ1v) is 7.15. The molecule has 0 saturated heterocycles. The molecule has 20 heavy (non-hydrogen) atoms. The number of carbonyl (C=O) groups is 1. The number of carboxylic acid groups (broad SMARTS) is 1. The van der Waals surface area contributed by atoms with Gasteiger partial charge in [-0.05, 0) is 12.1 Å². The molecule has 2 aromatic rings. The fourth-order valence-corrected chi connectivity index (χ4v) is 2.46. The van der Waals surface area contributed by atoms with Gasteiger partial charge in [-0.25, -0.2) is 23.1 Å². The van der Waals surface area contributed by atoms with E-state index in [1.54, 1.807) is 6.07 Å². The number of anilines is 1. The summed E-state index contributed by atoms with van der Waals surface area (Å²) in [6.45, 7) is 0. The summed E-state index contributed by atoms with van der Waals surface area (Å²) in [5.41, 5.74) is 0.198. The lowest BCUT2D eigenvalue weighted by atomic mass is 10.4. The highest BCUT2D eigenvalue weighted by molar-refractivity contribution is 7.92. The molecule has 2 heterocycles. The van der Waals surface area contributed by atoms with E-state index in [1.807, 2.05) is 0 Å². The maximum atomic E-state index is 11.8. The third-order valence-electron chi connectivity index (χ3n) is 2.27. The zero-order valence-corrected chi connectivity index (χ0v) is 11.0. The van der Waals surface area contributed by atoms with Gasteiger partial charge in [0.05, 0.1) is 17.9 Å². The van der Waals surface area contributed by atoms with Crippen molar-refractivity contribution in [1.29, 1.82) is 0 Å². The molecule has 0 fully saturated rings. The average molecular weight is 297 g/mol. The summed E-state index contributed by atoms with van der Waals surface area (Å²) in [7, 11) is -3.78. The molecule has 2 rings (SSSR count). The fraction of sp³-hybridized carbons (Fsp3) is 0.200. The van der Waals surface area contributed by atoms with Crippen LogP contribution in [-0.4, -0.2) is 45.0 Å². The molecule has 0 aliphatic rings. The number of aliphatic carboxylic acids is 1. The predicted molar refractivity (Wildman–Crippen MR) is 68.8 cm³/mol. The van der Waals surface area contributed by atoms with Gasteiger partial charge in [0.15, 0.2) is 5.82 Å². The van der Waals surface area contributed by atoms with Gasteiger partial charge in [-0.3, -0.25) is 9.52 Å². The van der Waals surface area contributed by atoms with Crippen LogP contribution < -0.4 is 4.72 Å². The van der Waals surface area contributed by atoms with Crippen LogP contribution in [0.3, 0.4) is 0 Å². The van der Waals surface area contributed by atoms with Gasteiger partial charge in [0, 0.05) is 6.20 Å². The van der Waals surface area contributed by atoms with Gasteiger partial charge in [0.2, 0.25) is 10.0 Å². The molecule has 0 spiro atoms. The van der Waals surface area contributed by atoms with Gasteiger partial charge in [-0.2, -0.15) is 5.10 Å². The van der Waals surface area contributed by atoms with Crippen LogP contribution in [0.2, 0.25) is 0 Å². The average Bonchev–Trinajstić information content (AvgIpc) is 2.90. The van der Waals surface area contributed by atoms with Crippen molar-refractivity contribution in [2.24, 2.45) is 0 Å². The molecule has 0 saturated carbocycles. The highest BCUT2D eigenvalue weighted by Gasteiger charge is 2.16. The summed E-state index contributed by atoms with van der Waals surface area (Å²) < 4.78 is 27.1. The molecular formula is C10H11N5O4S. The van der Waals surface area contributed by atoms with E-state index in [9.17, 15) is 13.2 Å². The maximum Gasteiger partial charge on any atom is 0.304 e. The van der Waals surface area contributed by atoms with Crippen LogP contribution in [0.5, 0.6) is 0 Å². The SMILES string of the molecule is O=C(O)CCS(=O)(=O)Nc1cccnc1-n1cncn1. The molecular weight excluding hydrogens is 286 g/mol. The summed E-state index contributed by atoms with van der Waals surface area (Å²) in [4.78, 5) is 18.2. The number of hydrogen-bond acceptors (Lipinski definition) is 6. The zero-order valence-electron chi connectivity index (χ0n) is 10.2. The normalized spacial score (nSPS) is 11.2. The highest BCUT2D eigenvalue weighted by atomic mass is 32.2. The highest BCUT2D eigenvalue weighted by Crippen LogP contribution is 2.17. The summed E-state index contributed by atoms with van der Waals surface area (Å²) in [6, 6.07) is 3.05. The molecule has 0 aromatic carbocycles. The fourth-order valence-electron chi connectivity index (χ4n) is 1.42. The largest absolute Gasteiger partial charge is 0.481 e. The molecule has 106 valence electrons. The second-order valence-electron chi connectivity index (χ2n) is 3.78. The molecule has 9 nitrogen and oxygen atoms in total. The van der Waals surface area contributed by atoms with Crippen molar-refractivity contribution in [3.8, 4) is 5.82 Å². The van der Waals surface area contributed by atoms with E-state index in [1.165, 1.54) is 29.6 Å². The van der Waals surface area contributed by atoms with Crippen LogP contribution in [0.25, 0.3) is 5.82 Å². The quantitative estimate of drug-likeness (QED) is 0.760. The van der Waals surface area contributed by atoms with Crippen LogP contribution in [-0.2, 0) is 14.8 Å². The van der Waals surface area contributed by atoms with Gasteiger partial charge in [0.25, 0.3) is 0 Å². The van der Waals surface area contributed by atoms with E-state index in [0.717, 1.165) is 0 Å². The molecule has 0 aliphatic heterocycles. The van der Waals surface area contributed by atoms with E-state index in [0.29, 0.717) is 0 Å². The third kappa shape index (κ3) is 3.51. The standard InChI is InChI=1S/C10H11N5O4S/c16-9(17)3-5-20(18,19)14-8-2-1-4-12-10(8)15-7-11-6-13-15/h1-2,4,6-7,14H,3,5H2,(H,16,17). The van der Waals surface area contributed by atoms with Crippen molar-refractivity contribution in [3.63, 3.8) is 0 Å². The molecule has 0 unspecified atom stereocenters. The van der Waals surface area contributed by atoms with E-state index >= 15 is 0 Å². The van der Waals surface area contributed by atoms with Crippen molar-refractivity contribution >= 4 is 21.7 Å². The summed E-state index contributed by atoms with van der Waals surface area (Å²) >= 11 is 0. The van der Waals surface area contributed by atoms with Crippen molar-refractivity contribution in [2.45, 2.75) is 6.42 Å². The Morgan fingerprint density at radius 3 is 2.90 bits per heavy atom. The Balaban J connectivity index is 2.24. The Kier molecular flexibility index (Phi) is 3.94. The number of rotatable bonds is 6. The molecule has 0 bridgehead atoms. The van der Waals surface area contributed by atoms with Crippen LogP contribution in [0.15, 0.2) is 31.0 Å². The first-order chi connectivity index (χ1) is 9.48. The lowest BCUT2D eigenvalue weighted by molar-refractivity contribution is -0.136. The number of nitrogens with one attached hydrogen (secondary N) is 1. The molecule has 10 heteroatoms. The zero-order chi connectivity index (χ0) is 14.6. The first-order valence-electron chi connectivity index (χ1n) is 5.50.